The highest BCUT2D eigenvalue weighted by Gasteiger charge is 1.99. The minimum Gasteiger partial charge on any atom is -0.244 e. The molecule has 0 bridgehead atoms. The molecule has 54 valence electrons. The number of rotatable bonds is 1. The molecule has 1 heterocycles. The van der Waals surface area contributed by atoms with Gasteiger partial charge in [0.1, 0.15) is 0 Å². The monoisotopic (exact) mass is 139 g/mol. The van der Waals surface area contributed by atoms with Gasteiger partial charge < -0.3 is 0 Å². The predicted molar refractivity (Wildman–Crippen MR) is 36.7 cm³/mol. The highest BCUT2D eigenvalue weighted by atomic mass is 16.1. The SMILES string of the molecule is CC(C)c1cn[nH]c(=O)n1. The van der Waals surface area contributed by atoms with Gasteiger partial charge in [0.05, 0.1) is 11.9 Å². The molecule has 0 amide bonds. The average molecular weight is 139 g/mol. The lowest BCUT2D eigenvalue weighted by atomic mass is 10.1. The molecule has 10 heavy (non-hydrogen) atoms. The Labute approximate surface area is 58.3 Å². The summed E-state index contributed by atoms with van der Waals surface area (Å²) in [5.41, 5.74) is 0.343. The van der Waals surface area contributed by atoms with Gasteiger partial charge in [-0.3, -0.25) is 0 Å². The molecule has 4 nitrogen and oxygen atoms in total. The van der Waals surface area contributed by atoms with Crippen LogP contribution in [0.3, 0.4) is 0 Å². The van der Waals surface area contributed by atoms with E-state index in [0.717, 1.165) is 5.69 Å². The summed E-state index contributed by atoms with van der Waals surface area (Å²) in [6.45, 7) is 3.92. The third kappa shape index (κ3) is 1.40. The van der Waals surface area contributed by atoms with Crippen molar-refractivity contribution in [2.75, 3.05) is 0 Å². The summed E-state index contributed by atoms with van der Waals surface area (Å²) >= 11 is 0. The molecule has 1 aromatic heterocycles. The van der Waals surface area contributed by atoms with Crippen LogP contribution < -0.4 is 5.69 Å². The molecule has 1 N–H and O–H groups in total. The summed E-state index contributed by atoms with van der Waals surface area (Å²) in [4.78, 5) is 14.3. The molecule has 1 rings (SSSR count). The number of H-pyrrole nitrogens is 1. The van der Waals surface area contributed by atoms with E-state index in [1.54, 1.807) is 6.20 Å². The molecule has 0 fully saturated rings. The first-order valence-electron chi connectivity index (χ1n) is 3.12. The second-order valence-corrected chi connectivity index (χ2v) is 2.37. The summed E-state index contributed by atoms with van der Waals surface area (Å²) in [5, 5.41) is 5.82. The fourth-order valence-corrected chi connectivity index (χ4v) is 0.603. The van der Waals surface area contributed by atoms with Crippen LogP contribution >= 0.6 is 0 Å². The van der Waals surface area contributed by atoms with E-state index in [2.05, 4.69) is 15.2 Å². The summed E-state index contributed by atoms with van der Waals surface area (Å²) in [6.07, 6.45) is 1.56. The van der Waals surface area contributed by atoms with Gasteiger partial charge in [-0.2, -0.15) is 10.1 Å². The van der Waals surface area contributed by atoms with Crippen LogP contribution in [0.4, 0.5) is 0 Å². The average Bonchev–Trinajstić information content (AvgIpc) is 1.88. The van der Waals surface area contributed by atoms with E-state index in [1.165, 1.54) is 0 Å². The summed E-state index contributed by atoms with van der Waals surface area (Å²) < 4.78 is 0. The van der Waals surface area contributed by atoms with Crippen LogP contribution in [0.1, 0.15) is 25.5 Å². The molecule has 1 aromatic rings. The third-order valence-electron chi connectivity index (χ3n) is 1.18. The number of aromatic nitrogens is 3. The smallest absolute Gasteiger partial charge is 0.244 e. The van der Waals surface area contributed by atoms with Crippen LogP contribution in [0.25, 0.3) is 0 Å². The van der Waals surface area contributed by atoms with Gasteiger partial charge in [0.25, 0.3) is 0 Å². The second kappa shape index (κ2) is 2.60. The largest absolute Gasteiger partial charge is 0.361 e. The van der Waals surface area contributed by atoms with E-state index in [-0.39, 0.29) is 11.6 Å². The first kappa shape index (κ1) is 6.92. The van der Waals surface area contributed by atoms with Gasteiger partial charge >= 0.3 is 5.69 Å². The van der Waals surface area contributed by atoms with Gasteiger partial charge in [0.2, 0.25) is 0 Å². The van der Waals surface area contributed by atoms with Crippen molar-refractivity contribution in [3.8, 4) is 0 Å². The van der Waals surface area contributed by atoms with Crippen LogP contribution in [-0.2, 0) is 0 Å². The van der Waals surface area contributed by atoms with Crippen LogP contribution in [0, 0.1) is 0 Å². The van der Waals surface area contributed by atoms with Crippen LogP contribution in [0.2, 0.25) is 0 Å². The van der Waals surface area contributed by atoms with Crippen molar-refractivity contribution in [2.24, 2.45) is 0 Å². The van der Waals surface area contributed by atoms with Crippen molar-refractivity contribution >= 4 is 0 Å². The molecular formula is C6H9N3O. The van der Waals surface area contributed by atoms with Crippen molar-refractivity contribution in [1.29, 1.82) is 0 Å². The number of hydrogen-bond acceptors (Lipinski definition) is 3. The Morgan fingerprint density at radius 3 is 2.70 bits per heavy atom. The molecule has 0 spiro atoms. The Hall–Kier alpha value is -1.19. The van der Waals surface area contributed by atoms with E-state index < -0.39 is 0 Å². The molecule has 0 aliphatic carbocycles. The van der Waals surface area contributed by atoms with E-state index in [1.807, 2.05) is 13.8 Å². The highest BCUT2D eigenvalue weighted by Crippen LogP contribution is 2.05. The zero-order chi connectivity index (χ0) is 7.56. The normalized spacial score (nSPS) is 10.3. The predicted octanol–water partition coefficient (Wildman–Crippen LogP) is 0.288. The van der Waals surface area contributed by atoms with Crippen molar-refractivity contribution in [3.63, 3.8) is 0 Å². The molecule has 0 aromatic carbocycles. The first-order chi connectivity index (χ1) is 4.70. The number of hydrogen-bond donors (Lipinski definition) is 1. The third-order valence-corrected chi connectivity index (χ3v) is 1.18. The van der Waals surface area contributed by atoms with E-state index in [0.29, 0.717) is 0 Å². The van der Waals surface area contributed by atoms with Crippen LogP contribution in [0.5, 0.6) is 0 Å². The number of nitrogens with zero attached hydrogens (tertiary/aromatic N) is 2. The molecule has 0 radical (unpaired) electrons. The summed E-state index contributed by atoms with van der Waals surface area (Å²) in [5.74, 6) is 0.259. The fourth-order valence-electron chi connectivity index (χ4n) is 0.603. The topological polar surface area (TPSA) is 58.6 Å². The van der Waals surface area contributed by atoms with E-state index >= 15 is 0 Å². The van der Waals surface area contributed by atoms with E-state index in [4.69, 9.17) is 0 Å². The Morgan fingerprint density at radius 1 is 1.60 bits per heavy atom. The highest BCUT2D eigenvalue weighted by molar-refractivity contribution is 4.97. The Kier molecular flexibility index (Phi) is 1.80. The first-order valence-corrected chi connectivity index (χ1v) is 3.12. The molecule has 0 unspecified atom stereocenters. The summed E-state index contributed by atoms with van der Waals surface area (Å²) in [7, 11) is 0. The molecule has 4 heteroatoms. The standard InChI is InChI=1S/C6H9N3O/c1-4(2)5-3-7-9-6(10)8-5/h3-4H,1-2H3,(H,8,9,10). The molecule has 0 saturated heterocycles. The van der Waals surface area contributed by atoms with Crippen molar-refractivity contribution in [1.82, 2.24) is 15.2 Å². The zero-order valence-corrected chi connectivity index (χ0v) is 5.96. The maximum Gasteiger partial charge on any atom is 0.361 e. The Bertz CT molecular complexity index is 266. The minimum absolute atomic E-state index is 0.259. The molecule has 0 saturated carbocycles. The minimum atomic E-state index is -0.383. The quantitative estimate of drug-likeness (QED) is 0.608. The Balaban J connectivity index is 3.07. The van der Waals surface area contributed by atoms with Crippen molar-refractivity contribution in [3.05, 3.63) is 22.4 Å². The van der Waals surface area contributed by atoms with E-state index in [9.17, 15) is 4.79 Å². The van der Waals surface area contributed by atoms with Crippen LogP contribution in [0.15, 0.2) is 11.0 Å². The summed E-state index contributed by atoms with van der Waals surface area (Å²) in [6, 6.07) is 0. The van der Waals surface area contributed by atoms with Gasteiger partial charge in [-0.25, -0.2) is 9.89 Å². The van der Waals surface area contributed by atoms with Gasteiger partial charge in [-0.1, -0.05) is 13.8 Å². The van der Waals surface area contributed by atoms with Gasteiger partial charge in [0, 0.05) is 0 Å². The fraction of sp³-hybridized carbons (Fsp3) is 0.500. The lowest BCUT2D eigenvalue weighted by Gasteiger charge is -1.98. The van der Waals surface area contributed by atoms with Crippen molar-refractivity contribution in [2.45, 2.75) is 19.8 Å². The molecule has 0 atom stereocenters. The number of nitrogens with one attached hydrogen (secondary N) is 1. The lowest BCUT2D eigenvalue weighted by Crippen LogP contribution is -2.14. The maximum absolute atomic E-state index is 10.6. The van der Waals surface area contributed by atoms with Gasteiger partial charge in [-0.15, -0.1) is 0 Å². The van der Waals surface area contributed by atoms with Crippen molar-refractivity contribution < 1.29 is 0 Å². The Morgan fingerprint density at radius 2 is 2.30 bits per heavy atom. The van der Waals surface area contributed by atoms with Crippen LogP contribution in [-0.4, -0.2) is 15.2 Å². The second-order valence-electron chi connectivity index (χ2n) is 2.37. The van der Waals surface area contributed by atoms with Gasteiger partial charge in [-0.05, 0) is 5.92 Å². The maximum atomic E-state index is 10.6. The zero-order valence-electron chi connectivity index (χ0n) is 5.96. The molecule has 0 aliphatic heterocycles. The molecule has 0 aliphatic rings. The molecular weight excluding hydrogens is 130 g/mol. The van der Waals surface area contributed by atoms with Gasteiger partial charge in [0.15, 0.2) is 0 Å². The lowest BCUT2D eigenvalue weighted by molar-refractivity contribution is 0.766. The number of aromatic amines is 1.